The van der Waals surface area contributed by atoms with Crippen molar-refractivity contribution >= 4 is 5.97 Å². The normalized spacial score (nSPS) is 11.9. The minimum Gasteiger partial charge on any atom is -0.461 e. The molecule has 110 valence electrons. The van der Waals surface area contributed by atoms with E-state index in [0.717, 1.165) is 11.1 Å². The summed E-state index contributed by atoms with van der Waals surface area (Å²) < 4.78 is 5.21. The third-order valence-electron chi connectivity index (χ3n) is 3.10. The largest absolute Gasteiger partial charge is 0.461 e. The summed E-state index contributed by atoms with van der Waals surface area (Å²) in [6, 6.07) is 16.4. The summed E-state index contributed by atoms with van der Waals surface area (Å²) in [7, 11) is 0. The predicted octanol–water partition coefficient (Wildman–Crippen LogP) is 2.00. The zero-order chi connectivity index (χ0) is 15.1. The number of esters is 1. The van der Waals surface area contributed by atoms with Gasteiger partial charge in [0.1, 0.15) is 12.7 Å². The van der Waals surface area contributed by atoms with Gasteiger partial charge in [-0.05, 0) is 16.7 Å². The molecular formula is C17H18O4. The Hall–Kier alpha value is -2.17. The van der Waals surface area contributed by atoms with Crippen molar-refractivity contribution in [2.24, 2.45) is 0 Å². The average molecular weight is 286 g/mol. The molecule has 0 heterocycles. The van der Waals surface area contributed by atoms with Crippen LogP contribution in [-0.2, 0) is 22.6 Å². The molecule has 0 spiro atoms. The van der Waals surface area contributed by atoms with E-state index in [1.165, 1.54) is 0 Å². The van der Waals surface area contributed by atoms with Crippen molar-refractivity contribution in [3.8, 4) is 0 Å². The van der Waals surface area contributed by atoms with Crippen LogP contribution in [0.2, 0.25) is 0 Å². The Morgan fingerprint density at radius 3 is 2.48 bits per heavy atom. The molecule has 4 nitrogen and oxygen atoms in total. The third kappa shape index (κ3) is 4.70. The summed E-state index contributed by atoms with van der Waals surface area (Å²) in [6.45, 7) is -0.0967. The number of carbonyl (C=O) groups is 1. The highest BCUT2D eigenvalue weighted by molar-refractivity contribution is 5.72. The van der Waals surface area contributed by atoms with Crippen molar-refractivity contribution in [3.63, 3.8) is 0 Å². The first-order valence-corrected chi connectivity index (χ1v) is 6.76. The molecule has 2 rings (SSSR count). The van der Waals surface area contributed by atoms with Gasteiger partial charge in [-0.1, -0.05) is 54.6 Å². The summed E-state index contributed by atoms with van der Waals surface area (Å²) in [5.74, 6) is -0.325. The van der Waals surface area contributed by atoms with Gasteiger partial charge in [-0.15, -0.1) is 0 Å². The van der Waals surface area contributed by atoms with Crippen LogP contribution in [0.25, 0.3) is 0 Å². The second-order valence-electron chi connectivity index (χ2n) is 4.77. The van der Waals surface area contributed by atoms with Gasteiger partial charge in [0.15, 0.2) is 0 Å². The average Bonchev–Trinajstić information content (AvgIpc) is 2.53. The fourth-order valence-electron chi connectivity index (χ4n) is 1.97. The Kier molecular flexibility index (Phi) is 5.49. The Balaban J connectivity index is 1.90. The number of carbonyl (C=O) groups excluding carboxylic acids is 1. The topological polar surface area (TPSA) is 66.8 Å². The van der Waals surface area contributed by atoms with Gasteiger partial charge in [0.05, 0.1) is 13.0 Å². The van der Waals surface area contributed by atoms with Gasteiger partial charge in [-0.25, -0.2) is 0 Å². The molecule has 1 atom stereocenters. The maximum absolute atomic E-state index is 11.8. The molecular weight excluding hydrogens is 268 g/mol. The third-order valence-corrected chi connectivity index (χ3v) is 3.10. The number of hydrogen-bond donors (Lipinski definition) is 2. The Morgan fingerprint density at radius 2 is 1.76 bits per heavy atom. The van der Waals surface area contributed by atoms with E-state index in [9.17, 15) is 9.90 Å². The molecule has 0 aliphatic rings. The smallest absolute Gasteiger partial charge is 0.310 e. The van der Waals surface area contributed by atoms with E-state index in [1.807, 2.05) is 30.3 Å². The van der Waals surface area contributed by atoms with E-state index in [0.29, 0.717) is 5.56 Å². The molecule has 0 aliphatic heterocycles. The molecule has 4 heteroatoms. The van der Waals surface area contributed by atoms with Gasteiger partial charge < -0.3 is 14.9 Å². The van der Waals surface area contributed by atoms with Crippen molar-refractivity contribution in [1.82, 2.24) is 0 Å². The zero-order valence-corrected chi connectivity index (χ0v) is 11.6. The monoisotopic (exact) mass is 286 g/mol. The number of rotatable bonds is 6. The maximum Gasteiger partial charge on any atom is 0.310 e. The molecule has 2 N–H and O–H groups in total. The van der Waals surface area contributed by atoms with Crippen LogP contribution in [-0.4, -0.2) is 22.8 Å². The van der Waals surface area contributed by atoms with Crippen LogP contribution in [0, 0.1) is 0 Å². The molecule has 0 bridgehead atoms. The van der Waals surface area contributed by atoms with Crippen LogP contribution in [0.1, 0.15) is 22.8 Å². The van der Waals surface area contributed by atoms with Gasteiger partial charge >= 0.3 is 5.97 Å². The quantitative estimate of drug-likeness (QED) is 0.797. The predicted molar refractivity (Wildman–Crippen MR) is 78.4 cm³/mol. The van der Waals surface area contributed by atoms with Crippen molar-refractivity contribution in [2.75, 3.05) is 6.61 Å². The molecule has 0 fully saturated rings. The van der Waals surface area contributed by atoms with Crippen LogP contribution < -0.4 is 0 Å². The molecule has 21 heavy (non-hydrogen) atoms. The lowest BCUT2D eigenvalue weighted by Gasteiger charge is -2.09. The highest BCUT2D eigenvalue weighted by atomic mass is 16.5. The molecule has 0 saturated heterocycles. The molecule has 0 amide bonds. The van der Waals surface area contributed by atoms with Gasteiger partial charge in [-0.2, -0.15) is 0 Å². The maximum atomic E-state index is 11.8. The second kappa shape index (κ2) is 7.57. The van der Waals surface area contributed by atoms with Gasteiger partial charge in [0.25, 0.3) is 0 Å². The first-order chi connectivity index (χ1) is 10.2. The first-order valence-electron chi connectivity index (χ1n) is 6.76. The van der Waals surface area contributed by atoms with Gasteiger partial charge in [0.2, 0.25) is 0 Å². The van der Waals surface area contributed by atoms with Gasteiger partial charge in [-0.3, -0.25) is 4.79 Å². The zero-order valence-electron chi connectivity index (χ0n) is 11.6. The molecule has 2 aromatic rings. The number of aliphatic hydroxyl groups is 2. The minimum atomic E-state index is -0.926. The van der Waals surface area contributed by atoms with Crippen molar-refractivity contribution in [1.29, 1.82) is 0 Å². The van der Waals surface area contributed by atoms with Crippen molar-refractivity contribution < 1.29 is 19.7 Å². The SMILES string of the molecule is O=C(Cc1cccc(C(O)CO)c1)OCc1ccccc1. The molecule has 1 unspecified atom stereocenters. The fourth-order valence-corrected chi connectivity index (χ4v) is 1.97. The van der Waals surface area contributed by atoms with E-state index >= 15 is 0 Å². The Bertz CT molecular complexity index is 580. The van der Waals surface area contributed by atoms with Crippen LogP contribution in [0.5, 0.6) is 0 Å². The number of hydrogen-bond acceptors (Lipinski definition) is 4. The van der Waals surface area contributed by atoms with Crippen LogP contribution in [0.4, 0.5) is 0 Å². The number of benzene rings is 2. The number of ether oxygens (including phenoxy) is 1. The Morgan fingerprint density at radius 1 is 1.05 bits per heavy atom. The lowest BCUT2D eigenvalue weighted by atomic mass is 10.0. The number of aliphatic hydroxyl groups excluding tert-OH is 2. The van der Waals surface area contributed by atoms with E-state index in [-0.39, 0.29) is 25.6 Å². The van der Waals surface area contributed by atoms with Gasteiger partial charge in [0, 0.05) is 0 Å². The molecule has 0 aliphatic carbocycles. The standard InChI is InChI=1S/C17H18O4/c18-11-16(19)15-8-4-7-14(9-15)10-17(20)21-12-13-5-2-1-3-6-13/h1-9,16,18-19H,10-12H2. The van der Waals surface area contributed by atoms with Crippen LogP contribution >= 0.6 is 0 Å². The first kappa shape index (κ1) is 15.2. The highest BCUT2D eigenvalue weighted by Gasteiger charge is 2.09. The fraction of sp³-hybridized carbons (Fsp3) is 0.235. The lowest BCUT2D eigenvalue weighted by molar-refractivity contribution is -0.144. The molecule has 2 aromatic carbocycles. The summed E-state index contributed by atoms with van der Waals surface area (Å²) in [5, 5.41) is 18.5. The van der Waals surface area contributed by atoms with Crippen molar-refractivity contribution in [3.05, 3.63) is 71.3 Å². The lowest BCUT2D eigenvalue weighted by Crippen LogP contribution is -2.09. The van der Waals surface area contributed by atoms with Crippen LogP contribution in [0.3, 0.4) is 0 Å². The van der Waals surface area contributed by atoms with Crippen LogP contribution in [0.15, 0.2) is 54.6 Å². The van der Waals surface area contributed by atoms with E-state index in [2.05, 4.69) is 0 Å². The summed E-state index contributed by atoms with van der Waals surface area (Å²) >= 11 is 0. The van der Waals surface area contributed by atoms with E-state index < -0.39 is 6.10 Å². The molecule has 0 saturated carbocycles. The second-order valence-corrected chi connectivity index (χ2v) is 4.77. The highest BCUT2D eigenvalue weighted by Crippen LogP contribution is 2.14. The summed E-state index contributed by atoms with van der Waals surface area (Å²) in [4.78, 5) is 11.8. The molecule has 0 aromatic heterocycles. The van der Waals surface area contributed by atoms with E-state index in [1.54, 1.807) is 24.3 Å². The Labute approximate surface area is 123 Å². The van der Waals surface area contributed by atoms with Crippen molar-refractivity contribution in [2.45, 2.75) is 19.1 Å². The molecule has 0 radical (unpaired) electrons. The summed E-state index contributed by atoms with van der Waals surface area (Å²) in [6.07, 6.45) is -0.788. The summed E-state index contributed by atoms with van der Waals surface area (Å²) in [5.41, 5.74) is 2.28. The minimum absolute atomic E-state index is 0.138. The van der Waals surface area contributed by atoms with E-state index in [4.69, 9.17) is 9.84 Å².